The second-order valence-corrected chi connectivity index (χ2v) is 7.60. The Kier molecular flexibility index (Phi) is 7.42. The van der Waals surface area contributed by atoms with E-state index in [0.717, 1.165) is 31.6 Å². The summed E-state index contributed by atoms with van der Waals surface area (Å²) < 4.78 is 0. The van der Waals surface area contributed by atoms with E-state index in [1.54, 1.807) is 6.92 Å². The third-order valence-corrected chi connectivity index (χ3v) is 5.47. The first-order valence-electron chi connectivity index (χ1n) is 9.38. The molecule has 0 radical (unpaired) electrons. The summed E-state index contributed by atoms with van der Waals surface area (Å²) in [6, 6.07) is 20.2. The molecule has 0 spiro atoms. The number of halogens is 1. The normalized spacial score (nSPS) is 20.3. The Morgan fingerprint density at radius 2 is 1.78 bits per heavy atom. The molecular formula is C22H30ClN3O. The van der Waals surface area contributed by atoms with Gasteiger partial charge in [-0.2, -0.15) is 0 Å². The Balaban J connectivity index is 0.00000261. The smallest absolute Gasteiger partial charge is 0.244 e. The standard InChI is InChI=1S/C22H29N3O.ClH/c1-17(24-21(26)22(2,23)20-11-7-4-8-12-20)19-13-14-25(16-19)15-18-9-5-3-6-10-18;/h3-12,17,19H,13-16,23H2,1-2H3,(H,24,26);1H. The number of nitrogens with two attached hydrogens (primary N) is 1. The first-order valence-corrected chi connectivity index (χ1v) is 9.38. The van der Waals surface area contributed by atoms with Gasteiger partial charge in [0.2, 0.25) is 5.91 Å². The fourth-order valence-electron chi connectivity index (χ4n) is 3.65. The number of rotatable bonds is 6. The minimum absolute atomic E-state index is 0. The molecule has 3 unspecified atom stereocenters. The summed E-state index contributed by atoms with van der Waals surface area (Å²) in [6.07, 6.45) is 1.10. The second-order valence-electron chi connectivity index (χ2n) is 7.60. The van der Waals surface area contributed by atoms with Crippen molar-refractivity contribution in [2.45, 2.75) is 38.4 Å². The lowest BCUT2D eigenvalue weighted by Crippen LogP contribution is -2.53. The Morgan fingerprint density at radius 3 is 2.41 bits per heavy atom. The zero-order valence-electron chi connectivity index (χ0n) is 16.1. The highest BCUT2D eigenvalue weighted by atomic mass is 35.5. The maximum atomic E-state index is 12.8. The van der Waals surface area contributed by atoms with Crippen molar-refractivity contribution in [1.29, 1.82) is 0 Å². The van der Waals surface area contributed by atoms with E-state index in [1.807, 2.05) is 36.4 Å². The van der Waals surface area contributed by atoms with Crippen LogP contribution in [0.4, 0.5) is 0 Å². The molecule has 1 fully saturated rings. The molecule has 4 nitrogen and oxygen atoms in total. The van der Waals surface area contributed by atoms with E-state index in [-0.39, 0.29) is 24.4 Å². The molecule has 3 rings (SSSR count). The predicted octanol–water partition coefficient (Wildman–Crippen LogP) is 3.31. The first-order chi connectivity index (χ1) is 12.5. The van der Waals surface area contributed by atoms with Gasteiger partial charge < -0.3 is 11.1 Å². The molecule has 1 heterocycles. The number of hydrogen-bond acceptors (Lipinski definition) is 3. The summed E-state index contributed by atoms with van der Waals surface area (Å²) in [5.41, 5.74) is 7.49. The van der Waals surface area contributed by atoms with E-state index in [2.05, 4.69) is 41.4 Å². The van der Waals surface area contributed by atoms with Gasteiger partial charge in [-0.3, -0.25) is 9.69 Å². The van der Waals surface area contributed by atoms with Crippen molar-refractivity contribution >= 4 is 18.3 Å². The van der Waals surface area contributed by atoms with Gasteiger partial charge in [0.05, 0.1) is 0 Å². The quantitative estimate of drug-likeness (QED) is 0.799. The van der Waals surface area contributed by atoms with Crippen LogP contribution in [0.2, 0.25) is 0 Å². The lowest BCUT2D eigenvalue weighted by atomic mass is 9.91. The third kappa shape index (κ3) is 5.32. The number of likely N-dealkylation sites (tertiary alicyclic amines) is 1. The Morgan fingerprint density at radius 1 is 1.19 bits per heavy atom. The molecule has 1 aliphatic heterocycles. The van der Waals surface area contributed by atoms with E-state index in [9.17, 15) is 4.79 Å². The summed E-state index contributed by atoms with van der Waals surface area (Å²) in [7, 11) is 0. The van der Waals surface area contributed by atoms with Crippen molar-refractivity contribution in [2.75, 3.05) is 13.1 Å². The van der Waals surface area contributed by atoms with Crippen molar-refractivity contribution in [1.82, 2.24) is 10.2 Å². The van der Waals surface area contributed by atoms with Crippen LogP contribution >= 0.6 is 12.4 Å². The number of carbonyl (C=O) groups is 1. The highest BCUT2D eigenvalue weighted by Crippen LogP contribution is 2.23. The van der Waals surface area contributed by atoms with Crippen molar-refractivity contribution in [3.05, 3.63) is 71.8 Å². The van der Waals surface area contributed by atoms with Gasteiger partial charge in [-0.15, -0.1) is 12.4 Å². The van der Waals surface area contributed by atoms with Crippen LogP contribution in [0.25, 0.3) is 0 Å². The summed E-state index contributed by atoms with van der Waals surface area (Å²) in [4.78, 5) is 15.2. The Hall–Kier alpha value is -1.88. The molecule has 1 amide bonds. The Bertz CT molecular complexity index is 721. The van der Waals surface area contributed by atoms with Crippen molar-refractivity contribution in [2.24, 2.45) is 11.7 Å². The van der Waals surface area contributed by atoms with E-state index in [4.69, 9.17) is 5.73 Å². The molecular weight excluding hydrogens is 358 g/mol. The molecule has 0 bridgehead atoms. The molecule has 1 aliphatic rings. The van der Waals surface area contributed by atoms with Crippen LogP contribution in [0.5, 0.6) is 0 Å². The minimum Gasteiger partial charge on any atom is -0.351 e. The molecule has 0 saturated carbocycles. The van der Waals surface area contributed by atoms with Crippen LogP contribution in [0.3, 0.4) is 0 Å². The van der Waals surface area contributed by atoms with Gasteiger partial charge in [0, 0.05) is 19.1 Å². The lowest BCUT2D eigenvalue weighted by Gasteiger charge is -2.28. The average Bonchev–Trinajstić information content (AvgIpc) is 3.12. The van der Waals surface area contributed by atoms with Gasteiger partial charge in [-0.05, 0) is 43.9 Å². The number of carbonyl (C=O) groups excluding carboxylic acids is 1. The molecule has 2 aromatic carbocycles. The molecule has 5 heteroatoms. The Labute approximate surface area is 168 Å². The van der Waals surface area contributed by atoms with Crippen LogP contribution in [0.1, 0.15) is 31.4 Å². The highest BCUT2D eigenvalue weighted by molar-refractivity contribution is 5.87. The second kappa shape index (κ2) is 9.36. The molecule has 146 valence electrons. The number of nitrogens with zero attached hydrogens (tertiary/aromatic N) is 1. The van der Waals surface area contributed by atoms with Crippen LogP contribution < -0.4 is 11.1 Å². The summed E-state index contributed by atoms with van der Waals surface area (Å²) in [6.45, 7) is 6.91. The fraction of sp³-hybridized carbons (Fsp3) is 0.409. The van der Waals surface area contributed by atoms with Crippen molar-refractivity contribution in [3.8, 4) is 0 Å². The predicted molar refractivity (Wildman–Crippen MR) is 113 cm³/mol. The minimum atomic E-state index is -1.02. The van der Waals surface area contributed by atoms with Gasteiger partial charge in [0.1, 0.15) is 5.54 Å². The number of hydrogen-bond donors (Lipinski definition) is 2. The van der Waals surface area contributed by atoms with Gasteiger partial charge in [-0.25, -0.2) is 0 Å². The number of nitrogens with one attached hydrogen (secondary N) is 1. The van der Waals surface area contributed by atoms with E-state index in [1.165, 1.54) is 5.56 Å². The molecule has 0 aliphatic carbocycles. The topological polar surface area (TPSA) is 58.4 Å². The maximum absolute atomic E-state index is 12.8. The van der Waals surface area contributed by atoms with E-state index in [0.29, 0.717) is 5.92 Å². The fourth-order valence-corrected chi connectivity index (χ4v) is 3.65. The van der Waals surface area contributed by atoms with Gasteiger partial charge in [-0.1, -0.05) is 60.7 Å². The number of amides is 1. The van der Waals surface area contributed by atoms with Crippen LogP contribution in [0.15, 0.2) is 60.7 Å². The third-order valence-electron chi connectivity index (χ3n) is 5.47. The largest absolute Gasteiger partial charge is 0.351 e. The first kappa shape index (κ1) is 21.4. The van der Waals surface area contributed by atoms with Crippen LogP contribution in [-0.2, 0) is 16.9 Å². The number of benzene rings is 2. The lowest BCUT2D eigenvalue weighted by molar-refractivity contribution is -0.127. The van der Waals surface area contributed by atoms with Gasteiger partial charge >= 0.3 is 0 Å². The average molecular weight is 388 g/mol. The van der Waals surface area contributed by atoms with Crippen LogP contribution in [-0.4, -0.2) is 29.9 Å². The summed E-state index contributed by atoms with van der Waals surface area (Å²) >= 11 is 0. The molecule has 3 N–H and O–H groups in total. The SMILES string of the molecule is CC(NC(=O)C(C)(N)c1ccccc1)C1CCN(Cc2ccccc2)C1.Cl. The van der Waals surface area contributed by atoms with E-state index < -0.39 is 5.54 Å². The zero-order valence-corrected chi connectivity index (χ0v) is 16.9. The van der Waals surface area contributed by atoms with Crippen molar-refractivity contribution < 1.29 is 4.79 Å². The van der Waals surface area contributed by atoms with Crippen molar-refractivity contribution in [3.63, 3.8) is 0 Å². The molecule has 2 aromatic rings. The molecule has 3 atom stereocenters. The summed E-state index contributed by atoms with van der Waals surface area (Å²) in [5.74, 6) is 0.340. The zero-order chi connectivity index (χ0) is 18.6. The van der Waals surface area contributed by atoms with Crippen LogP contribution in [0, 0.1) is 5.92 Å². The molecule has 1 saturated heterocycles. The van der Waals surface area contributed by atoms with Gasteiger partial charge in [0.15, 0.2) is 0 Å². The van der Waals surface area contributed by atoms with Gasteiger partial charge in [0.25, 0.3) is 0 Å². The highest BCUT2D eigenvalue weighted by Gasteiger charge is 2.34. The monoisotopic (exact) mass is 387 g/mol. The van der Waals surface area contributed by atoms with E-state index >= 15 is 0 Å². The summed E-state index contributed by atoms with van der Waals surface area (Å²) in [5, 5.41) is 3.15. The molecule has 27 heavy (non-hydrogen) atoms. The molecule has 0 aromatic heterocycles. The maximum Gasteiger partial charge on any atom is 0.244 e.